The van der Waals surface area contributed by atoms with Crippen molar-refractivity contribution in [3.8, 4) is 0 Å². The molecule has 1 amide bonds. The molecule has 0 atom stereocenters. The maximum Gasteiger partial charge on any atom is 0.221 e. The van der Waals surface area contributed by atoms with E-state index in [1.54, 1.807) is 7.05 Å². The molecule has 0 aromatic carbocycles. The Morgan fingerprint density at radius 1 is 1.18 bits per heavy atom. The molecule has 1 saturated carbocycles. The number of aromatic nitrogens is 1. The molecule has 2 rings (SSSR count). The minimum atomic E-state index is 0.127. The number of nitrogens with one attached hydrogen (secondary N) is 3. The number of hydrogen-bond acceptors (Lipinski definition) is 2. The van der Waals surface area contributed by atoms with Crippen LogP contribution < -0.4 is 16.0 Å². The Labute approximate surface area is 132 Å². The lowest BCUT2D eigenvalue weighted by molar-refractivity contribution is -0.121. The molecule has 0 bridgehead atoms. The molecule has 1 heterocycles. The predicted octanol–water partition coefficient (Wildman–Crippen LogP) is 1.10. The normalized spacial score (nSPS) is 15.8. The first-order valence-electron chi connectivity index (χ1n) is 8.12. The standard InChI is InChI=1S/C16H27N5O/c1-17-16(19-10-13-21-11-4-5-12-21)18-9-8-15(22)20-14-6-2-3-7-14/h4-5,11-12,14H,2-3,6-10,13H2,1H3,(H,20,22)(H2,17,18,19). The average molecular weight is 305 g/mol. The fraction of sp³-hybridized carbons (Fsp3) is 0.625. The molecule has 1 aliphatic rings. The average Bonchev–Trinajstić information content (AvgIpc) is 3.19. The van der Waals surface area contributed by atoms with Crippen LogP contribution in [0.2, 0.25) is 0 Å². The highest BCUT2D eigenvalue weighted by Crippen LogP contribution is 2.17. The van der Waals surface area contributed by atoms with Gasteiger partial charge in [-0.2, -0.15) is 0 Å². The van der Waals surface area contributed by atoms with E-state index in [-0.39, 0.29) is 5.91 Å². The molecule has 6 nitrogen and oxygen atoms in total. The Hall–Kier alpha value is -1.98. The van der Waals surface area contributed by atoms with Gasteiger partial charge in [-0.3, -0.25) is 9.79 Å². The fourth-order valence-corrected chi connectivity index (χ4v) is 2.71. The van der Waals surface area contributed by atoms with Gasteiger partial charge in [0.1, 0.15) is 0 Å². The van der Waals surface area contributed by atoms with Gasteiger partial charge in [-0.1, -0.05) is 12.8 Å². The third kappa shape index (κ3) is 5.79. The number of guanidine groups is 1. The van der Waals surface area contributed by atoms with Gasteiger partial charge >= 0.3 is 0 Å². The van der Waals surface area contributed by atoms with E-state index < -0.39 is 0 Å². The first kappa shape index (κ1) is 16.4. The van der Waals surface area contributed by atoms with E-state index in [1.807, 2.05) is 24.5 Å². The Morgan fingerprint density at radius 2 is 1.86 bits per heavy atom. The number of aliphatic imine (C=N–C) groups is 1. The second-order valence-corrected chi connectivity index (χ2v) is 5.65. The van der Waals surface area contributed by atoms with E-state index in [4.69, 9.17) is 0 Å². The quantitative estimate of drug-likeness (QED) is 0.522. The van der Waals surface area contributed by atoms with E-state index in [2.05, 4.69) is 25.5 Å². The smallest absolute Gasteiger partial charge is 0.221 e. The van der Waals surface area contributed by atoms with Crippen LogP contribution in [-0.2, 0) is 11.3 Å². The molecule has 3 N–H and O–H groups in total. The second-order valence-electron chi connectivity index (χ2n) is 5.65. The van der Waals surface area contributed by atoms with Gasteiger partial charge < -0.3 is 20.5 Å². The molecule has 6 heteroatoms. The van der Waals surface area contributed by atoms with Crippen LogP contribution in [0, 0.1) is 0 Å². The summed E-state index contributed by atoms with van der Waals surface area (Å²) in [5.41, 5.74) is 0. The van der Waals surface area contributed by atoms with E-state index in [0.717, 1.165) is 31.9 Å². The maximum atomic E-state index is 11.8. The lowest BCUT2D eigenvalue weighted by Gasteiger charge is -2.14. The van der Waals surface area contributed by atoms with Crippen LogP contribution in [0.1, 0.15) is 32.1 Å². The Bertz CT molecular complexity index is 463. The van der Waals surface area contributed by atoms with Gasteiger partial charge in [-0.15, -0.1) is 0 Å². The van der Waals surface area contributed by atoms with E-state index >= 15 is 0 Å². The largest absolute Gasteiger partial charge is 0.356 e. The van der Waals surface area contributed by atoms with Gasteiger partial charge in [-0.05, 0) is 25.0 Å². The summed E-state index contributed by atoms with van der Waals surface area (Å²) in [5.74, 6) is 0.864. The summed E-state index contributed by atoms with van der Waals surface area (Å²) >= 11 is 0. The van der Waals surface area contributed by atoms with Crippen molar-refractivity contribution in [1.29, 1.82) is 0 Å². The van der Waals surface area contributed by atoms with Gasteiger partial charge in [-0.25, -0.2) is 0 Å². The highest BCUT2D eigenvalue weighted by Gasteiger charge is 2.16. The Balaban J connectivity index is 1.56. The molecular weight excluding hydrogens is 278 g/mol. The van der Waals surface area contributed by atoms with E-state index in [0.29, 0.717) is 19.0 Å². The van der Waals surface area contributed by atoms with Crippen molar-refractivity contribution in [1.82, 2.24) is 20.5 Å². The SMILES string of the molecule is CN=C(NCCC(=O)NC1CCCC1)NCCn1cccc1. The van der Waals surface area contributed by atoms with Crippen LogP contribution in [0.4, 0.5) is 0 Å². The van der Waals surface area contributed by atoms with Crippen molar-refractivity contribution in [3.63, 3.8) is 0 Å². The van der Waals surface area contributed by atoms with Crippen molar-refractivity contribution < 1.29 is 4.79 Å². The van der Waals surface area contributed by atoms with Gasteiger partial charge in [0.05, 0.1) is 0 Å². The topological polar surface area (TPSA) is 70.4 Å². The molecule has 1 aliphatic carbocycles. The monoisotopic (exact) mass is 305 g/mol. The van der Waals surface area contributed by atoms with Crippen LogP contribution in [0.5, 0.6) is 0 Å². The summed E-state index contributed by atoms with van der Waals surface area (Å²) in [4.78, 5) is 16.0. The highest BCUT2D eigenvalue weighted by atomic mass is 16.1. The van der Waals surface area contributed by atoms with Crippen molar-refractivity contribution in [2.45, 2.75) is 44.7 Å². The minimum absolute atomic E-state index is 0.127. The molecule has 22 heavy (non-hydrogen) atoms. The molecule has 0 aliphatic heterocycles. The number of carbonyl (C=O) groups is 1. The minimum Gasteiger partial charge on any atom is -0.356 e. The third-order valence-electron chi connectivity index (χ3n) is 3.92. The number of rotatable bonds is 7. The number of hydrogen-bond donors (Lipinski definition) is 3. The highest BCUT2D eigenvalue weighted by molar-refractivity contribution is 5.81. The zero-order chi connectivity index (χ0) is 15.6. The molecule has 1 fully saturated rings. The van der Waals surface area contributed by atoms with E-state index in [9.17, 15) is 4.79 Å². The second kappa shape index (κ2) is 9.12. The lowest BCUT2D eigenvalue weighted by Crippen LogP contribution is -2.41. The number of amides is 1. The zero-order valence-corrected chi connectivity index (χ0v) is 13.3. The summed E-state index contributed by atoms with van der Waals surface area (Å²) in [7, 11) is 1.74. The molecular formula is C16H27N5O. The maximum absolute atomic E-state index is 11.8. The van der Waals surface area contributed by atoms with Gasteiger partial charge in [0.25, 0.3) is 0 Å². The summed E-state index contributed by atoms with van der Waals surface area (Å²) < 4.78 is 2.11. The van der Waals surface area contributed by atoms with Crippen molar-refractivity contribution >= 4 is 11.9 Å². The molecule has 0 unspecified atom stereocenters. The first-order valence-corrected chi connectivity index (χ1v) is 8.12. The molecule has 0 radical (unpaired) electrons. The van der Waals surface area contributed by atoms with Crippen molar-refractivity contribution in [3.05, 3.63) is 24.5 Å². The zero-order valence-electron chi connectivity index (χ0n) is 13.3. The molecule has 1 aromatic rings. The van der Waals surface area contributed by atoms with Crippen LogP contribution in [-0.4, -0.2) is 42.6 Å². The lowest BCUT2D eigenvalue weighted by atomic mass is 10.2. The van der Waals surface area contributed by atoms with Crippen LogP contribution in [0.3, 0.4) is 0 Å². The van der Waals surface area contributed by atoms with Crippen LogP contribution >= 0.6 is 0 Å². The number of carbonyl (C=O) groups excluding carboxylic acids is 1. The van der Waals surface area contributed by atoms with Gasteiger partial charge in [0, 0.05) is 51.5 Å². The first-order chi connectivity index (χ1) is 10.8. The van der Waals surface area contributed by atoms with Gasteiger partial charge in [0.2, 0.25) is 5.91 Å². The van der Waals surface area contributed by atoms with Crippen molar-refractivity contribution in [2.75, 3.05) is 20.1 Å². The predicted molar refractivity (Wildman–Crippen MR) is 88.8 cm³/mol. The van der Waals surface area contributed by atoms with Gasteiger partial charge in [0.15, 0.2) is 5.96 Å². The molecule has 122 valence electrons. The van der Waals surface area contributed by atoms with E-state index in [1.165, 1.54) is 12.8 Å². The van der Waals surface area contributed by atoms with Crippen molar-refractivity contribution in [2.24, 2.45) is 4.99 Å². The summed E-state index contributed by atoms with van der Waals surface area (Å²) in [6.07, 6.45) is 9.27. The molecule has 0 spiro atoms. The summed E-state index contributed by atoms with van der Waals surface area (Å²) in [6.45, 7) is 2.28. The summed E-state index contributed by atoms with van der Waals surface area (Å²) in [6, 6.07) is 4.41. The van der Waals surface area contributed by atoms with Crippen LogP contribution in [0.15, 0.2) is 29.5 Å². The third-order valence-corrected chi connectivity index (χ3v) is 3.92. The van der Waals surface area contributed by atoms with Crippen LogP contribution in [0.25, 0.3) is 0 Å². The number of nitrogens with zero attached hydrogens (tertiary/aromatic N) is 2. The Kier molecular flexibility index (Phi) is 6.80. The summed E-state index contributed by atoms with van der Waals surface area (Å²) in [5, 5.41) is 9.50. The fourth-order valence-electron chi connectivity index (χ4n) is 2.71. The Morgan fingerprint density at radius 3 is 2.55 bits per heavy atom. The molecule has 1 aromatic heterocycles. The molecule has 0 saturated heterocycles.